The van der Waals surface area contributed by atoms with E-state index in [4.69, 9.17) is 19.8 Å². The average molecular weight is 334 g/mol. The Morgan fingerprint density at radius 1 is 0.826 bits per heavy atom. The summed E-state index contributed by atoms with van der Waals surface area (Å²) in [6, 6.07) is 3.67. The second-order valence-electron chi connectivity index (χ2n) is 5.80. The van der Waals surface area contributed by atoms with Gasteiger partial charge in [-0.3, -0.25) is 0 Å². The van der Waals surface area contributed by atoms with Crippen molar-refractivity contribution in [1.82, 2.24) is 0 Å². The maximum atomic E-state index is 11.7. The molecule has 1 aliphatic heterocycles. The molecule has 0 aromatic heterocycles. The molecule has 6 nitrogen and oxygen atoms in total. The first-order valence-electron chi connectivity index (χ1n) is 7.06. The fourth-order valence-electron chi connectivity index (χ4n) is 3.04. The molecule has 23 heavy (non-hydrogen) atoms. The molecule has 0 atom stereocenters. The molecule has 0 amide bonds. The lowest BCUT2D eigenvalue weighted by atomic mass is 9.88. The minimum absolute atomic E-state index is 0.0544. The Hall–Kier alpha value is -2.41. The summed E-state index contributed by atoms with van der Waals surface area (Å²) in [5.74, 6) is 0.195. The van der Waals surface area contributed by atoms with Gasteiger partial charge in [-0.2, -0.15) is 0 Å². The molecule has 122 valence electrons. The quantitative estimate of drug-likeness (QED) is 0.777. The first kappa shape index (κ1) is 15.5. The van der Waals surface area contributed by atoms with Gasteiger partial charge in [-0.15, -0.1) is 8.42 Å². The molecule has 3 rings (SSSR count). The second-order valence-corrected chi connectivity index (χ2v) is 6.95. The van der Waals surface area contributed by atoms with Gasteiger partial charge < -0.3 is 19.8 Å². The van der Waals surface area contributed by atoms with E-state index in [-0.39, 0.29) is 17.2 Å². The molecule has 2 aromatic rings. The van der Waals surface area contributed by atoms with Crippen LogP contribution >= 0.6 is 0 Å². The Morgan fingerprint density at radius 2 is 1.35 bits per heavy atom. The summed E-state index contributed by atoms with van der Waals surface area (Å²) in [5.41, 5.74) is 17.8. The molecule has 0 spiro atoms. The van der Waals surface area contributed by atoms with Crippen LogP contribution in [0.25, 0.3) is 11.1 Å². The standard InChI is InChI=1S/C16H18N2O4S/c1-7-5-11(17)6-8(2)12(7)13-9(3)10(4)14(18)16-15(13)21-23(19,20)22-16/h5-6H,17-18H2,1-4H3. The van der Waals surface area contributed by atoms with Gasteiger partial charge in [0, 0.05) is 11.3 Å². The number of benzene rings is 2. The van der Waals surface area contributed by atoms with E-state index < -0.39 is 10.4 Å². The highest BCUT2D eigenvalue weighted by atomic mass is 32.3. The number of nitrogen functional groups attached to an aromatic ring is 2. The normalized spacial score (nSPS) is 15.0. The Labute approximate surface area is 135 Å². The van der Waals surface area contributed by atoms with Gasteiger partial charge >= 0.3 is 10.4 Å². The summed E-state index contributed by atoms with van der Waals surface area (Å²) in [4.78, 5) is 0. The van der Waals surface area contributed by atoms with Crippen LogP contribution in [0, 0.1) is 27.7 Å². The third kappa shape index (κ3) is 2.28. The maximum absolute atomic E-state index is 11.7. The zero-order valence-electron chi connectivity index (χ0n) is 13.4. The van der Waals surface area contributed by atoms with E-state index in [9.17, 15) is 8.42 Å². The van der Waals surface area contributed by atoms with Crippen molar-refractivity contribution in [3.05, 3.63) is 34.4 Å². The van der Waals surface area contributed by atoms with E-state index in [1.807, 2.05) is 39.8 Å². The molecule has 0 aliphatic carbocycles. The molecular weight excluding hydrogens is 316 g/mol. The molecule has 0 unspecified atom stereocenters. The molecule has 0 bridgehead atoms. The Kier molecular flexibility index (Phi) is 3.23. The summed E-state index contributed by atoms with van der Waals surface area (Å²) < 4.78 is 33.5. The zero-order valence-corrected chi connectivity index (χ0v) is 14.2. The lowest BCUT2D eigenvalue weighted by molar-refractivity contribution is 0.437. The molecule has 1 aliphatic rings. The van der Waals surface area contributed by atoms with Gasteiger partial charge in [-0.1, -0.05) is 0 Å². The summed E-state index contributed by atoms with van der Waals surface area (Å²) in [6.07, 6.45) is 0. The third-order valence-corrected chi connectivity index (χ3v) is 4.94. The van der Waals surface area contributed by atoms with Crippen LogP contribution in [-0.2, 0) is 10.4 Å². The number of aryl methyl sites for hydroxylation is 2. The lowest BCUT2D eigenvalue weighted by Gasteiger charge is -2.18. The van der Waals surface area contributed by atoms with Crippen molar-refractivity contribution in [2.24, 2.45) is 0 Å². The zero-order chi connectivity index (χ0) is 17.1. The van der Waals surface area contributed by atoms with E-state index in [1.165, 1.54) is 0 Å². The van der Waals surface area contributed by atoms with Crippen LogP contribution < -0.4 is 19.8 Å². The van der Waals surface area contributed by atoms with Crippen molar-refractivity contribution >= 4 is 21.8 Å². The van der Waals surface area contributed by atoms with Crippen molar-refractivity contribution in [3.63, 3.8) is 0 Å². The van der Waals surface area contributed by atoms with E-state index in [2.05, 4.69) is 0 Å². The number of rotatable bonds is 1. The van der Waals surface area contributed by atoms with Gasteiger partial charge in [-0.25, -0.2) is 0 Å². The number of anilines is 2. The van der Waals surface area contributed by atoms with Gasteiger partial charge in [0.2, 0.25) is 5.75 Å². The highest BCUT2D eigenvalue weighted by Crippen LogP contribution is 2.52. The van der Waals surface area contributed by atoms with Crippen LogP contribution in [0.1, 0.15) is 22.3 Å². The highest BCUT2D eigenvalue weighted by molar-refractivity contribution is 7.82. The average Bonchev–Trinajstić information content (AvgIpc) is 2.75. The van der Waals surface area contributed by atoms with E-state index in [0.717, 1.165) is 27.8 Å². The molecule has 2 aromatic carbocycles. The van der Waals surface area contributed by atoms with Gasteiger partial charge in [0.25, 0.3) is 0 Å². The van der Waals surface area contributed by atoms with Crippen molar-refractivity contribution in [2.45, 2.75) is 27.7 Å². The van der Waals surface area contributed by atoms with Crippen LogP contribution in [0.15, 0.2) is 12.1 Å². The monoisotopic (exact) mass is 334 g/mol. The predicted octanol–water partition coefficient (Wildman–Crippen LogP) is 2.77. The SMILES string of the molecule is Cc1cc(N)cc(C)c1-c1c(C)c(C)c(N)c2c1OS(=O)(=O)O2. The first-order chi connectivity index (χ1) is 10.6. The summed E-state index contributed by atoms with van der Waals surface area (Å²) in [7, 11) is -4.13. The smallest absolute Gasteiger partial charge is 0.399 e. The third-order valence-electron chi connectivity index (χ3n) is 4.20. The van der Waals surface area contributed by atoms with E-state index in [0.29, 0.717) is 11.3 Å². The molecule has 0 saturated heterocycles. The summed E-state index contributed by atoms with van der Waals surface area (Å²) >= 11 is 0. The Balaban J connectivity index is 2.44. The van der Waals surface area contributed by atoms with Crippen LogP contribution in [0.3, 0.4) is 0 Å². The fourth-order valence-corrected chi connectivity index (χ4v) is 3.81. The van der Waals surface area contributed by atoms with Gasteiger partial charge in [0.15, 0.2) is 5.75 Å². The minimum Gasteiger partial charge on any atom is -0.399 e. The molecule has 7 heteroatoms. The molecule has 1 heterocycles. The highest BCUT2D eigenvalue weighted by Gasteiger charge is 2.36. The maximum Gasteiger partial charge on any atom is 0.501 e. The predicted molar refractivity (Wildman–Crippen MR) is 89.8 cm³/mol. The van der Waals surface area contributed by atoms with Gasteiger partial charge in [-0.05, 0) is 67.6 Å². The van der Waals surface area contributed by atoms with Crippen molar-refractivity contribution < 1.29 is 16.8 Å². The molecule has 0 saturated carbocycles. The number of fused-ring (bicyclic) bond motifs is 1. The number of hydrogen-bond acceptors (Lipinski definition) is 6. The van der Waals surface area contributed by atoms with Crippen LogP contribution in [0.2, 0.25) is 0 Å². The Morgan fingerprint density at radius 3 is 1.91 bits per heavy atom. The van der Waals surface area contributed by atoms with Gasteiger partial charge in [0.05, 0.1) is 5.69 Å². The van der Waals surface area contributed by atoms with Crippen molar-refractivity contribution in [1.29, 1.82) is 0 Å². The van der Waals surface area contributed by atoms with E-state index >= 15 is 0 Å². The number of nitrogens with two attached hydrogens (primary N) is 2. The number of hydrogen-bond donors (Lipinski definition) is 2. The molecule has 0 fully saturated rings. The Bertz CT molecular complexity index is 926. The molecule has 0 radical (unpaired) electrons. The van der Waals surface area contributed by atoms with Crippen molar-refractivity contribution in [2.75, 3.05) is 11.5 Å². The fraction of sp³-hybridized carbons (Fsp3) is 0.250. The largest absolute Gasteiger partial charge is 0.501 e. The van der Waals surface area contributed by atoms with Crippen LogP contribution in [-0.4, -0.2) is 8.42 Å². The first-order valence-corrected chi connectivity index (χ1v) is 8.39. The van der Waals surface area contributed by atoms with Crippen LogP contribution in [0.4, 0.5) is 11.4 Å². The lowest BCUT2D eigenvalue weighted by Crippen LogP contribution is -2.08. The van der Waals surface area contributed by atoms with Gasteiger partial charge in [0.1, 0.15) is 0 Å². The topological polar surface area (TPSA) is 105 Å². The summed E-state index contributed by atoms with van der Waals surface area (Å²) in [5, 5.41) is 0. The second kappa shape index (κ2) is 4.79. The van der Waals surface area contributed by atoms with Crippen molar-refractivity contribution in [3.8, 4) is 22.6 Å². The van der Waals surface area contributed by atoms with E-state index in [1.54, 1.807) is 0 Å². The summed E-state index contributed by atoms with van der Waals surface area (Å²) in [6.45, 7) is 7.54. The minimum atomic E-state index is -4.13. The molecular formula is C16H18N2O4S. The van der Waals surface area contributed by atoms with Crippen LogP contribution in [0.5, 0.6) is 11.5 Å². The molecule has 4 N–H and O–H groups in total.